The lowest BCUT2D eigenvalue weighted by molar-refractivity contribution is -0.136. The van der Waals surface area contributed by atoms with E-state index in [-0.39, 0.29) is 30.8 Å². The van der Waals surface area contributed by atoms with Gasteiger partial charge in [-0.1, -0.05) is 19.3 Å². The second-order valence-corrected chi connectivity index (χ2v) is 7.41. The van der Waals surface area contributed by atoms with E-state index in [1.807, 2.05) is 6.92 Å². The summed E-state index contributed by atoms with van der Waals surface area (Å²) in [6, 6.07) is -0.451. The van der Waals surface area contributed by atoms with Crippen LogP contribution in [-0.2, 0) is 9.59 Å². The summed E-state index contributed by atoms with van der Waals surface area (Å²) in [6.07, 6.45) is 6.39. The molecule has 1 spiro atoms. The SMILES string of the molecule is CC(CN)(NC(=O)CN1C(=O)NC2(CCCCC2)C1=O)C1CC1.Cl. The number of hydrogen-bond acceptors (Lipinski definition) is 4. The first-order chi connectivity index (χ1) is 10.9. The normalized spacial score (nSPS) is 25.0. The van der Waals surface area contributed by atoms with Gasteiger partial charge in [0.25, 0.3) is 5.91 Å². The van der Waals surface area contributed by atoms with Crippen molar-refractivity contribution in [1.82, 2.24) is 15.5 Å². The molecule has 2 aliphatic carbocycles. The van der Waals surface area contributed by atoms with Gasteiger partial charge in [0, 0.05) is 6.54 Å². The third-order valence-corrected chi connectivity index (χ3v) is 5.58. The fourth-order valence-electron chi connectivity index (χ4n) is 3.86. The fourth-order valence-corrected chi connectivity index (χ4v) is 3.86. The average Bonchev–Trinajstić information content (AvgIpc) is 3.35. The molecular weight excluding hydrogens is 332 g/mol. The van der Waals surface area contributed by atoms with Crippen LogP contribution in [0.5, 0.6) is 0 Å². The summed E-state index contributed by atoms with van der Waals surface area (Å²) in [5.74, 6) is -0.177. The lowest BCUT2D eigenvalue weighted by Crippen LogP contribution is -2.56. The molecule has 24 heavy (non-hydrogen) atoms. The van der Waals surface area contributed by atoms with Crippen LogP contribution < -0.4 is 16.4 Å². The predicted molar refractivity (Wildman–Crippen MR) is 91.6 cm³/mol. The molecule has 1 atom stereocenters. The predicted octanol–water partition coefficient (Wildman–Crippen LogP) is 0.907. The molecule has 2 saturated carbocycles. The summed E-state index contributed by atoms with van der Waals surface area (Å²) >= 11 is 0. The molecule has 8 heteroatoms. The molecule has 0 aromatic heterocycles. The van der Waals surface area contributed by atoms with E-state index >= 15 is 0 Å². The second kappa shape index (κ2) is 6.88. The molecule has 3 aliphatic rings. The number of nitrogens with zero attached hydrogens (tertiary/aromatic N) is 1. The Hall–Kier alpha value is -1.34. The Balaban J connectivity index is 0.00000208. The zero-order chi connectivity index (χ0) is 16.7. The molecule has 1 saturated heterocycles. The zero-order valence-electron chi connectivity index (χ0n) is 14.1. The van der Waals surface area contributed by atoms with E-state index in [4.69, 9.17) is 5.73 Å². The minimum Gasteiger partial charge on any atom is -0.348 e. The number of amides is 4. The Bertz CT molecular complexity index is 531. The highest BCUT2D eigenvalue weighted by molar-refractivity contribution is 6.09. The lowest BCUT2D eigenvalue weighted by atomic mass is 9.82. The van der Waals surface area contributed by atoms with E-state index in [0.717, 1.165) is 37.0 Å². The molecule has 7 nitrogen and oxygen atoms in total. The fraction of sp³-hybridized carbons (Fsp3) is 0.812. The number of hydrogen-bond donors (Lipinski definition) is 3. The Labute approximate surface area is 148 Å². The summed E-state index contributed by atoms with van der Waals surface area (Å²) in [4.78, 5) is 38.2. The van der Waals surface area contributed by atoms with Gasteiger partial charge in [0.15, 0.2) is 0 Å². The van der Waals surface area contributed by atoms with Crippen molar-refractivity contribution in [2.75, 3.05) is 13.1 Å². The molecule has 1 unspecified atom stereocenters. The molecule has 3 fully saturated rings. The maximum Gasteiger partial charge on any atom is 0.325 e. The number of rotatable bonds is 5. The van der Waals surface area contributed by atoms with E-state index in [1.54, 1.807) is 0 Å². The summed E-state index contributed by atoms with van der Waals surface area (Å²) in [7, 11) is 0. The number of carbonyl (C=O) groups is 3. The molecule has 0 bridgehead atoms. The first-order valence-electron chi connectivity index (χ1n) is 8.55. The Morgan fingerprint density at radius 2 is 1.96 bits per heavy atom. The average molecular weight is 359 g/mol. The molecule has 0 aromatic carbocycles. The summed E-state index contributed by atoms with van der Waals surface area (Å²) < 4.78 is 0. The highest BCUT2D eigenvalue weighted by Gasteiger charge is 2.52. The maximum atomic E-state index is 12.6. The standard InChI is InChI=1S/C16H26N4O3.ClH/c1-15(10-17,11-5-6-11)18-12(21)9-20-13(22)16(19-14(20)23)7-3-2-4-8-16;/h11H,2-10,17H2,1H3,(H,18,21)(H,19,23);1H. The summed E-state index contributed by atoms with van der Waals surface area (Å²) in [5, 5.41) is 5.75. The molecule has 0 aromatic rings. The van der Waals surface area contributed by atoms with Crippen molar-refractivity contribution in [1.29, 1.82) is 0 Å². The van der Waals surface area contributed by atoms with Gasteiger partial charge < -0.3 is 16.4 Å². The minimum atomic E-state index is -0.775. The highest BCUT2D eigenvalue weighted by atomic mass is 35.5. The van der Waals surface area contributed by atoms with Crippen LogP contribution in [0, 0.1) is 5.92 Å². The number of carbonyl (C=O) groups excluding carboxylic acids is 3. The van der Waals surface area contributed by atoms with Crippen LogP contribution in [0.25, 0.3) is 0 Å². The summed E-state index contributed by atoms with van der Waals surface area (Å²) in [5.41, 5.74) is 4.58. The van der Waals surface area contributed by atoms with E-state index in [2.05, 4.69) is 10.6 Å². The Morgan fingerprint density at radius 3 is 2.50 bits per heavy atom. The molecule has 1 aliphatic heterocycles. The van der Waals surface area contributed by atoms with Crippen molar-refractivity contribution in [3.63, 3.8) is 0 Å². The number of imide groups is 1. The molecule has 4 amide bonds. The van der Waals surface area contributed by atoms with E-state index in [9.17, 15) is 14.4 Å². The van der Waals surface area contributed by atoms with Gasteiger partial charge in [0.1, 0.15) is 12.1 Å². The Morgan fingerprint density at radius 1 is 1.33 bits per heavy atom. The van der Waals surface area contributed by atoms with Crippen LogP contribution >= 0.6 is 12.4 Å². The number of nitrogens with two attached hydrogens (primary N) is 1. The second-order valence-electron chi connectivity index (χ2n) is 7.41. The van der Waals surface area contributed by atoms with Crippen LogP contribution in [0.4, 0.5) is 4.79 Å². The van der Waals surface area contributed by atoms with Crippen molar-refractivity contribution in [3.05, 3.63) is 0 Å². The highest BCUT2D eigenvalue weighted by Crippen LogP contribution is 2.39. The molecule has 1 heterocycles. The van der Waals surface area contributed by atoms with Crippen LogP contribution in [0.2, 0.25) is 0 Å². The van der Waals surface area contributed by atoms with Crippen LogP contribution in [0.3, 0.4) is 0 Å². The largest absolute Gasteiger partial charge is 0.348 e. The lowest BCUT2D eigenvalue weighted by Gasteiger charge is -2.31. The third-order valence-electron chi connectivity index (χ3n) is 5.58. The van der Waals surface area contributed by atoms with Gasteiger partial charge in [0.05, 0.1) is 5.54 Å². The summed E-state index contributed by atoms with van der Waals surface area (Å²) in [6.45, 7) is 2.05. The third kappa shape index (κ3) is 3.37. The maximum absolute atomic E-state index is 12.6. The molecular formula is C16H27ClN4O3. The number of nitrogens with one attached hydrogen (secondary N) is 2. The van der Waals surface area contributed by atoms with Gasteiger partial charge in [-0.15, -0.1) is 12.4 Å². The molecule has 136 valence electrons. The topological polar surface area (TPSA) is 105 Å². The van der Waals surface area contributed by atoms with Gasteiger partial charge in [-0.25, -0.2) is 4.79 Å². The first-order valence-corrected chi connectivity index (χ1v) is 8.55. The molecule has 0 radical (unpaired) electrons. The van der Waals surface area contributed by atoms with E-state index < -0.39 is 17.1 Å². The van der Waals surface area contributed by atoms with Crippen molar-refractivity contribution in [2.24, 2.45) is 11.7 Å². The van der Waals surface area contributed by atoms with Crippen molar-refractivity contribution in [3.8, 4) is 0 Å². The van der Waals surface area contributed by atoms with Gasteiger partial charge in [-0.3, -0.25) is 14.5 Å². The monoisotopic (exact) mass is 358 g/mol. The van der Waals surface area contributed by atoms with Gasteiger partial charge in [-0.05, 0) is 38.5 Å². The van der Waals surface area contributed by atoms with Crippen LogP contribution in [0.15, 0.2) is 0 Å². The number of urea groups is 1. The van der Waals surface area contributed by atoms with Gasteiger partial charge >= 0.3 is 6.03 Å². The van der Waals surface area contributed by atoms with Crippen molar-refractivity contribution < 1.29 is 14.4 Å². The number of halogens is 1. The molecule has 4 N–H and O–H groups in total. The zero-order valence-corrected chi connectivity index (χ0v) is 14.9. The quantitative estimate of drug-likeness (QED) is 0.635. The van der Waals surface area contributed by atoms with E-state index in [1.165, 1.54) is 0 Å². The van der Waals surface area contributed by atoms with Gasteiger partial charge in [-0.2, -0.15) is 0 Å². The van der Waals surface area contributed by atoms with Crippen LogP contribution in [0.1, 0.15) is 51.9 Å². The molecule has 3 rings (SSSR count). The van der Waals surface area contributed by atoms with Gasteiger partial charge in [0.2, 0.25) is 5.91 Å². The van der Waals surface area contributed by atoms with Crippen molar-refractivity contribution in [2.45, 2.75) is 62.9 Å². The van der Waals surface area contributed by atoms with Crippen molar-refractivity contribution >= 4 is 30.3 Å². The van der Waals surface area contributed by atoms with E-state index in [0.29, 0.717) is 25.3 Å². The smallest absolute Gasteiger partial charge is 0.325 e. The minimum absolute atomic E-state index is 0. The first kappa shape index (κ1) is 19.0. The van der Waals surface area contributed by atoms with Crippen LogP contribution in [-0.4, -0.2) is 46.9 Å². The Kier molecular flexibility index (Phi) is 5.44.